The molecule has 4 rings (SSSR count). The number of carbonyl (C=O) groups is 1. The van der Waals surface area contributed by atoms with Crippen LogP contribution >= 0.6 is 0 Å². The number of aromatic nitrogens is 3. The summed E-state index contributed by atoms with van der Waals surface area (Å²) < 4.78 is 30.1. The Hall–Kier alpha value is -2.26. The molecule has 1 atom stereocenters. The molecule has 0 N–H and O–H groups in total. The van der Waals surface area contributed by atoms with Gasteiger partial charge < -0.3 is 9.47 Å². The van der Waals surface area contributed by atoms with E-state index in [4.69, 9.17) is 0 Å². The molecule has 1 amide bonds. The highest BCUT2D eigenvalue weighted by molar-refractivity contribution is 7.89. The van der Waals surface area contributed by atoms with E-state index < -0.39 is 10.0 Å². The second-order valence-electron chi connectivity index (χ2n) is 7.88. The van der Waals surface area contributed by atoms with E-state index in [9.17, 15) is 13.2 Å². The third-order valence-electron chi connectivity index (χ3n) is 6.14. The van der Waals surface area contributed by atoms with Crippen LogP contribution in [0.4, 0.5) is 0 Å². The summed E-state index contributed by atoms with van der Waals surface area (Å²) in [7, 11) is -3.60. The van der Waals surface area contributed by atoms with Crippen LogP contribution < -0.4 is 0 Å². The molecule has 0 spiro atoms. The summed E-state index contributed by atoms with van der Waals surface area (Å²) in [6, 6.07) is 7.09. The summed E-state index contributed by atoms with van der Waals surface area (Å²) in [4.78, 5) is 14.7. The number of hydrogen-bond acceptors (Lipinski definition) is 5. The van der Waals surface area contributed by atoms with Gasteiger partial charge in [0, 0.05) is 26.1 Å². The molecular weight excluding hydrogens is 402 g/mol. The molecule has 0 bridgehead atoms. The fourth-order valence-electron chi connectivity index (χ4n) is 4.50. The fourth-order valence-corrected chi connectivity index (χ4v) is 6.18. The lowest BCUT2D eigenvalue weighted by Crippen LogP contribution is -2.42. The molecule has 8 nitrogen and oxygen atoms in total. The van der Waals surface area contributed by atoms with Crippen molar-refractivity contribution < 1.29 is 13.2 Å². The first-order valence-electron chi connectivity index (χ1n) is 10.8. The number of sulfonamides is 1. The standard InChI is InChI=1S/C21H29N5O3S/c1-3-16-9-5-6-11-18(16)30(28,29)24-13-14-26-19(15-24)22-23-21(26)17-10-7-8-12-25(17)20(27)4-2/h5-6,9,11,17H,3-4,7-8,10,12-15H2,1-2H3. The molecule has 0 saturated carbocycles. The number of rotatable bonds is 5. The van der Waals surface area contributed by atoms with Crippen LogP contribution in [-0.2, 0) is 34.3 Å². The molecule has 2 aliphatic heterocycles. The molecule has 1 fully saturated rings. The highest BCUT2D eigenvalue weighted by Gasteiger charge is 2.36. The Morgan fingerprint density at radius 2 is 1.90 bits per heavy atom. The van der Waals surface area contributed by atoms with Crippen LogP contribution in [0.5, 0.6) is 0 Å². The molecule has 162 valence electrons. The van der Waals surface area contributed by atoms with Gasteiger partial charge in [0.2, 0.25) is 15.9 Å². The third kappa shape index (κ3) is 3.65. The lowest BCUT2D eigenvalue weighted by atomic mass is 10.0. The molecule has 9 heteroatoms. The fraction of sp³-hybridized carbons (Fsp3) is 0.571. The van der Waals surface area contributed by atoms with E-state index >= 15 is 0 Å². The number of fused-ring (bicyclic) bond motifs is 1. The highest BCUT2D eigenvalue weighted by atomic mass is 32.2. The van der Waals surface area contributed by atoms with Gasteiger partial charge in [-0.15, -0.1) is 10.2 Å². The van der Waals surface area contributed by atoms with Crippen LogP contribution in [0.3, 0.4) is 0 Å². The van der Waals surface area contributed by atoms with Crippen LogP contribution in [0.1, 0.15) is 62.8 Å². The quantitative estimate of drug-likeness (QED) is 0.726. The first kappa shape index (κ1) is 21.0. The van der Waals surface area contributed by atoms with E-state index in [1.807, 2.05) is 35.4 Å². The van der Waals surface area contributed by atoms with Crippen molar-refractivity contribution in [1.82, 2.24) is 24.0 Å². The zero-order chi connectivity index (χ0) is 21.3. The average molecular weight is 432 g/mol. The first-order chi connectivity index (χ1) is 14.5. The van der Waals surface area contributed by atoms with Crippen molar-refractivity contribution in [2.24, 2.45) is 0 Å². The Bertz CT molecular complexity index is 1030. The second-order valence-corrected chi connectivity index (χ2v) is 9.78. The van der Waals surface area contributed by atoms with Crippen molar-refractivity contribution in [3.8, 4) is 0 Å². The monoisotopic (exact) mass is 431 g/mol. The van der Waals surface area contributed by atoms with Crippen molar-refractivity contribution in [1.29, 1.82) is 0 Å². The van der Waals surface area contributed by atoms with Crippen molar-refractivity contribution in [3.63, 3.8) is 0 Å². The number of piperidine rings is 1. The number of aryl methyl sites for hydroxylation is 1. The van der Waals surface area contributed by atoms with Crippen molar-refractivity contribution >= 4 is 15.9 Å². The predicted octanol–water partition coefficient (Wildman–Crippen LogP) is 2.51. The summed E-state index contributed by atoms with van der Waals surface area (Å²) in [6.07, 6.45) is 4.06. The Morgan fingerprint density at radius 1 is 1.10 bits per heavy atom. The van der Waals surface area contributed by atoms with Crippen LogP contribution in [-0.4, -0.2) is 51.4 Å². The van der Waals surface area contributed by atoms with Gasteiger partial charge in [0.1, 0.15) is 5.82 Å². The molecule has 30 heavy (non-hydrogen) atoms. The number of carbonyl (C=O) groups excluding carboxylic acids is 1. The first-order valence-corrected chi connectivity index (χ1v) is 12.2. The summed E-state index contributed by atoms with van der Waals surface area (Å²) in [5, 5.41) is 8.73. The molecule has 0 radical (unpaired) electrons. The molecule has 1 saturated heterocycles. The van der Waals surface area contributed by atoms with Gasteiger partial charge in [0.25, 0.3) is 0 Å². The number of amides is 1. The lowest BCUT2D eigenvalue weighted by Gasteiger charge is -2.36. The summed E-state index contributed by atoms with van der Waals surface area (Å²) in [5.74, 6) is 1.56. The number of hydrogen-bond donors (Lipinski definition) is 0. The maximum absolute atomic E-state index is 13.3. The zero-order valence-electron chi connectivity index (χ0n) is 17.6. The SMILES string of the molecule is CCC(=O)N1CCCCC1c1nnc2n1CCN(S(=O)(=O)c1ccccc1CC)C2. The van der Waals surface area contributed by atoms with Gasteiger partial charge in [-0.1, -0.05) is 32.0 Å². The summed E-state index contributed by atoms with van der Waals surface area (Å²) in [5.41, 5.74) is 0.821. The normalized spacial score (nSPS) is 20.2. The van der Waals surface area contributed by atoms with Gasteiger partial charge in [-0.25, -0.2) is 8.42 Å². The van der Waals surface area contributed by atoms with Crippen molar-refractivity contribution in [2.75, 3.05) is 13.1 Å². The molecule has 2 aliphatic rings. The molecule has 1 aromatic carbocycles. The minimum absolute atomic E-state index is 0.0728. The second kappa shape index (κ2) is 8.47. The lowest BCUT2D eigenvalue weighted by molar-refractivity contribution is -0.135. The van der Waals surface area contributed by atoms with Crippen LogP contribution in [0.15, 0.2) is 29.2 Å². The average Bonchev–Trinajstić information content (AvgIpc) is 3.21. The van der Waals surface area contributed by atoms with Crippen molar-refractivity contribution in [3.05, 3.63) is 41.5 Å². The van der Waals surface area contributed by atoms with E-state index in [-0.39, 0.29) is 18.5 Å². The molecule has 1 unspecified atom stereocenters. The van der Waals surface area contributed by atoms with E-state index in [1.165, 1.54) is 4.31 Å². The topological polar surface area (TPSA) is 88.4 Å². The van der Waals surface area contributed by atoms with E-state index in [1.54, 1.807) is 12.1 Å². The molecular formula is C21H29N5O3S. The Kier molecular flexibility index (Phi) is 5.92. The van der Waals surface area contributed by atoms with Gasteiger partial charge in [-0.3, -0.25) is 4.79 Å². The molecule has 1 aromatic heterocycles. The minimum Gasteiger partial charge on any atom is -0.332 e. The van der Waals surface area contributed by atoms with E-state index in [2.05, 4.69) is 10.2 Å². The Labute approximate surface area is 177 Å². The van der Waals surface area contributed by atoms with Crippen LogP contribution in [0.2, 0.25) is 0 Å². The van der Waals surface area contributed by atoms with Gasteiger partial charge in [0.05, 0.1) is 17.5 Å². The largest absolute Gasteiger partial charge is 0.332 e. The number of benzene rings is 1. The summed E-state index contributed by atoms with van der Waals surface area (Å²) in [6.45, 7) is 5.64. The zero-order valence-corrected chi connectivity index (χ0v) is 18.4. The number of nitrogens with zero attached hydrogens (tertiary/aromatic N) is 5. The number of likely N-dealkylation sites (tertiary alicyclic amines) is 1. The molecule has 3 heterocycles. The molecule has 2 aromatic rings. The summed E-state index contributed by atoms with van der Waals surface area (Å²) >= 11 is 0. The van der Waals surface area contributed by atoms with Gasteiger partial charge in [0.15, 0.2) is 5.82 Å². The highest BCUT2D eigenvalue weighted by Crippen LogP contribution is 2.32. The van der Waals surface area contributed by atoms with E-state index in [0.717, 1.165) is 37.2 Å². The Morgan fingerprint density at radius 3 is 2.67 bits per heavy atom. The predicted molar refractivity (Wildman–Crippen MR) is 112 cm³/mol. The maximum Gasteiger partial charge on any atom is 0.243 e. The van der Waals surface area contributed by atoms with Gasteiger partial charge in [-0.2, -0.15) is 4.31 Å². The van der Waals surface area contributed by atoms with Crippen molar-refractivity contribution in [2.45, 2.75) is 70.0 Å². The van der Waals surface area contributed by atoms with Crippen LogP contribution in [0, 0.1) is 0 Å². The van der Waals surface area contributed by atoms with Crippen LogP contribution in [0.25, 0.3) is 0 Å². The third-order valence-corrected chi connectivity index (χ3v) is 8.09. The Balaban J connectivity index is 1.61. The minimum atomic E-state index is -3.60. The maximum atomic E-state index is 13.3. The van der Waals surface area contributed by atoms with Gasteiger partial charge >= 0.3 is 0 Å². The van der Waals surface area contributed by atoms with Gasteiger partial charge in [-0.05, 0) is 37.3 Å². The molecule has 0 aliphatic carbocycles. The smallest absolute Gasteiger partial charge is 0.243 e. The van der Waals surface area contributed by atoms with E-state index in [0.29, 0.717) is 36.7 Å².